The minimum atomic E-state index is -0.778. The van der Waals surface area contributed by atoms with Crippen LogP contribution >= 0.6 is 12.4 Å². The first-order chi connectivity index (χ1) is 8.09. The van der Waals surface area contributed by atoms with Gasteiger partial charge in [0.15, 0.2) is 0 Å². The lowest BCUT2D eigenvalue weighted by molar-refractivity contribution is 0.297. The average molecular weight is 278 g/mol. The van der Waals surface area contributed by atoms with E-state index < -0.39 is 17.7 Å². The first-order valence-corrected chi connectivity index (χ1v) is 6.03. The molecule has 1 aliphatic rings. The summed E-state index contributed by atoms with van der Waals surface area (Å²) in [6.45, 7) is 0. The van der Waals surface area contributed by atoms with Crippen molar-refractivity contribution >= 4 is 12.4 Å². The van der Waals surface area contributed by atoms with Gasteiger partial charge in [-0.15, -0.1) is 12.4 Å². The van der Waals surface area contributed by atoms with Crippen LogP contribution in [0.15, 0.2) is 12.1 Å². The SMILES string of the molecule is Cl.N[C@@H](c1c(O)cc(F)cc1F)C1CCCCC1. The smallest absolute Gasteiger partial charge is 0.134 e. The van der Waals surface area contributed by atoms with Crippen molar-refractivity contribution in [1.29, 1.82) is 0 Å². The Hall–Kier alpha value is -0.870. The van der Waals surface area contributed by atoms with Gasteiger partial charge in [-0.3, -0.25) is 0 Å². The van der Waals surface area contributed by atoms with Gasteiger partial charge >= 0.3 is 0 Å². The highest BCUT2D eigenvalue weighted by Gasteiger charge is 2.26. The maximum Gasteiger partial charge on any atom is 0.134 e. The highest BCUT2D eigenvalue weighted by atomic mass is 35.5. The van der Waals surface area contributed by atoms with Crippen molar-refractivity contribution in [2.24, 2.45) is 11.7 Å². The van der Waals surface area contributed by atoms with Gasteiger partial charge in [-0.25, -0.2) is 8.78 Å². The zero-order valence-electron chi connectivity index (χ0n) is 10.0. The van der Waals surface area contributed by atoms with Crippen molar-refractivity contribution < 1.29 is 13.9 Å². The fourth-order valence-corrected chi connectivity index (χ4v) is 2.63. The lowest BCUT2D eigenvalue weighted by Gasteiger charge is -2.28. The molecule has 0 aromatic heterocycles. The Morgan fingerprint density at radius 3 is 2.33 bits per heavy atom. The van der Waals surface area contributed by atoms with E-state index in [9.17, 15) is 13.9 Å². The highest BCUT2D eigenvalue weighted by molar-refractivity contribution is 5.85. The van der Waals surface area contributed by atoms with Crippen molar-refractivity contribution in [3.63, 3.8) is 0 Å². The Bertz CT molecular complexity index is 385. The van der Waals surface area contributed by atoms with Crippen molar-refractivity contribution in [3.8, 4) is 5.75 Å². The van der Waals surface area contributed by atoms with Gasteiger partial charge in [0.1, 0.15) is 17.4 Å². The maximum atomic E-state index is 13.6. The summed E-state index contributed by atoms with van der Waals surface area (Å²) in [5, 5.41) is 9.61. The van der Waals surface area contributed by atoms with Crippen molar-refractivity contribution in [2.75, 3.05) is 0 Å². The summed E-state index contributed by atoms with van der Waals surface area (Å²) in [5.74, 6) is -1.73. The Kier molecular flexibility index (Phi) is 5.35. The number of halogens is 3. The van der Waals surface area contributed by atoms with E-state index in [1.165, 1.54) is 6.42 Å². The van der Waals surface area contributed by atoms with E-state index in [2.05, 4.69) is 0 Å². The molecule has 1 saturated carbocycles. The minimum Gasteiger partial charge on any atom is -0.507 e. The Balaban J connectivity index is 0.00000162. The molecule has 0 unspecified atom stereocenters. The number of phenolic OH excluding ortho intramolecular Hbond substituents is 1. The molecule has 1 aliphatic carbocycles. The zero-order chi connectivity index (χ0) is 12.4. The second kappa shape index (κ2) is 6.34. The van der Waals surface area contributed by atoms with Gasteiger partial charge in [-0.2, -0.15) is 0 Å². The van der Waals surface area contributed by atoms with Crippen molar-refractivity contribution in [3.05, 3.63) is 29.3 Å². The van der Waals surface area contributed by atoms with E-state index in [-0.39, 0.29) is 29.6 Å². The van der Waals surface area contributed by atoms with Crippen LogP contribution in [0.2, 0.25) is 0 Å². The van der Waals surface area contributed by atoms with E-state index >= 15 is 0 Å². The maximum absolute atomic E-state index is 13.6. The first kappa shape index (κ1) is 15.2. The van der Waals surface area contributed by atoms with Crippen LogP contribution in [0.3, 0.4) is 0 Å². The molecule has 18 heavy (non-hydrogen) atoms. The minimum absolute atomic E-state index is 0. The molecule has 5 heteroatoms. The summed E-state index contributed by atoms with van der Waals surface area (Å²) in [7, 11) is 0. The van der Waals surface area contributed by atoms with Gasteiger partial charge in [-0.05, 0) is 18.8 Å². The molecule has 1 fully saturated rings. The molecule has 0 aliphatic heterocycles. The number of phenols is 1. The quantitative estimate of drug-likeness (QED) is 0.866. The number of benzene rings is 1. The predicted molar refractivity (Wildman–Crippen MR) is 68.8 cm³/mol. The van der Waals surface area contributed by atoms with E-state index in [1.807, 2.05) is 0 Å². The van der Waals surface area contributed by atoms with Gasteiger partial charge in [-0.1, -0.05) is 19.3 Å². The summed E-state index contributed by atoms with van der Waals surface area (Å²) in [5.41, 5.74) is 6.05. The second-order valence-corrected chi connectivity index (χ2v) is 4.74. The monoisotopic (exact) mass is 277 g/mol. The van der Waals surface area contributed by atoms with Crippen LogP contribution < -0.4 is 5.73 Å². The molecule has 0 amide bonds. The molecule has 0 heterocycles. The highest BCUT2D eigenvalue weighted by Crippen LogP contribution is 2.37. The summed E-state index contributed by atoms with van der Waals surface area (Å²) in [6, 6.07) is 1.15. The third-order valence-corrected chi connectivity index (χ3v) is 3.56. The number of aromatic hydroxyl groups is 1. The lowest BCUT2D eigenvalue weighted by Crippen LogP contribution is -2.24. The van der Waals surface area contributed by atoms with Crippen LogP contribution in [0.4, 0.5) is 8.78 Å². The molecule has 0 saturated heterocycles. The molecule has 0 bridgehead atoms. The van der Waals surface area contributed by atoms with E-state index in [1.54, 1.807) is 0 Å². The topological polar surface area (TPSA) is 46.2 Å². The lowest BCUT2D eigenvalue weighted by atomic mass is 9.81. The summed E-state index contributed by atoms with van der Waals surface area (Å²) in [6.07, 6.45) is 5.24. The Morgan fingerprint density at radius 1 is 1.17 bits per heavy atom. The van der Waals surface area contributed by atoms with Gasteiger partial charge in [0.25, 0.3) is 0 Å². The van der Waals surface area contributed by atoms with Crippen LogP contribution in [0, 0.1) is 17.6 Å². The van der Waals surface area contributed by atoms with Crippen LogP contribution in [-0.2, 0) is 0 Å². The number of hydrogen-bond donors (Lipinski definition) is 2. The fourth-order valence-electron chi connectivity index (χ4n) is 2.63. The fraction of sp³-hybridized carbons (Fsp3) is 0.538. The van der Waals surface area contributed by atoms with Crippen molar-refractivity contribution in [2.45, 2.75) is 38.1 Å². The average Bonchev–Trinajstić information content (AvgIpc) is 2.28. The van der Waals surface area contributed by atoms with Crippen LogP contribution in [-0.4, -0.2) is 5.11 Å². The molecule has 1 aromatic carbocycles. The number of nitrogens with two attached hydrogens (primary N) is 1. The zero-order valence-corrected chi connectivity index (χ0v) is 10.9. The molecule has 1 atom stereocenters. The third kappa shape index (κ3) is 3.12. The molecule has 0 spiro atoms. The van der Waals surface area contributed by atoms with Gasteiger partial charge in [0.05, 0.1) is 0 Å². The Labute approximate surface area is 112 Å². The predicted octanol–water partition coefficient (Wildman–Crippen LogP) is 3.67. The number of hydrogen-bond acceptors (Lipinski definition) is 2. The van der Waals surface area contributed by atoms with E-state index in [0.29, 0.717) is 0 Å². The Morgan fingerprint density at radius 2 is 1.78 bits per heavy atom. The molecule has 1 aromatic rings. The molecule has 102 valence electrons. The van der Waals surface area contributed by atoms with Gasteiger partial charge in [0, 0.05) is 23.7 Å². The van der Waals surface area contributed by atoms with E-state index in [4.69, 9.17) is 5.73 Å². The second-order valence-electron chi connectivity index (χ2n) is 4.74. The standard InChI is InChI=1S/C13H17F2NO.ClH/c14-9-6-10(15)12(11(17)7-9)13(16)8-4-2-1-3-5-8;/h6-8,13,17H,1-5,16H2;1H/t13-;/m1./s1. The summed E-state index contributed by atoms with van der Waals surface area (Å²) in [4.78, 5) is 0. The van der Waals surface area contributed by atoms with Crippen molar-refractivity contribution in [1.82, 2.24) is 0 Å². The van der Waals surface area contributed by atoms with Crippen LogP contribution in [0.5, 0.6) is 5.75 Å². The van der Waals surface area contributed by atoms with Crippen LogP contribution in [0.25, 0.3) is 0 Å². The molecule has 2 rings (SSSR count). The van der Waals surface area contributed by atoms with Gasteiger partial charge < -0.3 is 10.8 Å². The number of rotatable bonds is 2. The first-order valence-electron chi connectivity index (χ1n) is 6.03. The summed E-state index contributed by atoms with van der Waals surface area (Å²) < 4.78 is 26.5. The van der Waals surface area contributed by atoms with Gasteiger partial charge in [0.2, 0.25) is 0 Å². The normalized spacial score (nSPS) is 18.2. The molecule has 2 nitrogen and oxygen atoms in total. The largest absolute Gasteiger partial charge is 0.507 e. The van der Waals surface area contributed by atoms with E-state index in [0.717, 1.165) is 37.8 Å². The summed E-state index contributed by atoms with van der Waals surface area (Å²) >= 11 is 0. The third-order valence-electron chi connectivity index (χ3n) is 3.56. The molecule has 0 radical (unpaired) electrons. The molecular formula is C13H18ClF2NO. The molecular weight excluding hydrogens is 260 g/mol. The van der Waals surface area contributed by atoms with Crippen LogP contribution in [0.1, 0.15) is 43.7 Å². The molecule has 3 N–H and O–H groups in total.